The van der Waals surface area contributed by atoms with E-state index >= 15 is 0 Å². The van der Waals surface area contributed by atoms with Crippen LogP contribution in [0.5, 0.6) is 5.75 Å². The number of carbonyl (C=O) groups is 2. The van der Waals surface area contributed by atoms with Crippen LogP contribution in [0.2, 0.25) is 0 Å². The Bertz CT molecular complexity index is 629. The van der Waals surface area contributed by atoms with Crippen LogP contribution in [0.4, 0.5) is 0 Å². The van der Waals surface area contributed by atoms with E-state index in [0.29, 0.717) is 11.3 Å². The number of benzene rings is 1. The highest BCUT2D eigenvalue weighted by Crippen LogP contribution is 2.15. The maximum atomic E-state index is 11.6. The fraction of sp³-hybridized carbons (Fsp3) is 0.0667. The van der Waals surface area contributed by atoms with Gasteiger partial charge in [0.2, 0.25) is 0 Å². The van der Waals surface area contributed by atoms with Crippen LogP contribution in [0, 0.1) is 0 Å². The Hall–Kier alpha value is -2.40. The summed E-state index contributed by atoms with van der Waals surface area (Å²) in [6.07, 6.45) is 3.02. The van der Waals surface area contributed by atoms with Gasteiger partial charge in [-0.3, -0.25) is 0 Å². The van der Waals surface area contributed by atoms with E-state index in [1.54, 1.807) is 24.3 Å². The molecular weight excluding hydrogens is 276 g/mol. The fourth-order valence-corrected chi connectivity index (χ4v) is 2.11. The first-order valence-corrected chi connectivity index (χ1v) is 6.69. The zero-order chi connectivity index (χ0) is 14.4. The largest absolute Gasteiger partial charge is 0.465 e. The van der Waals surface area contributed by atoms with Crippen molar-refractivity contribution >= 4 is 29.4 Å². The SMILES string of the molecule is COC(=O)c1cccc(OC(=O)/C=C/c2cccs2)c1. The first kappa shape index (κ1) is 14.0. The lowest BCUT2D eigenvalue weighted by Gasteiger charge is -2.03. The van der Waals surface area contributed by atoms with Gasteiger partial charge in [-0.25, -0.2) is 9.59 Å². The monoisotopic (exact) mass is 288 g/mol. The molecule has 0 radical (unpaired) electrons. The lowest BCUT2D eigenvalue weighted by Crippen LogP contribution is -2.05. The smallest absolute Gasteiger partial charge is 0.337 e. The predicted octanol–water partition coefficient (Wildman–Crippen LogP) is 3.15. The second-order valence-electron chi connectivity index (χ2n) is 3.79. The Balaban J connectivity index is 2.02. The number of esters is 2. The van der Waals surface area contributed by atoms with E-state index in [1.165, 1.54) is 30.6 Å². The van der Waals surface area contributed by atoms with E-state index in [9.17, 15) is 9.59 Å². The summed E-state index contributed by atoms with van der Waals surface area (Å²) in [5.41, 5.74) is 0.333. The molecule has 5 heteroatoms. The molecule has 0 bridgehead atoms. The predicted molar refractivity (Wildman–Crippen MR) is 76.8 cm³/mol. The van der Waals surface area contributed by atoms with Crippen LogP contribution in [0.3, 0.4) is 0 Å². The molecule has 0 unspecified atom stereocenters. The molecule has 102 valence electrons. The third kappa shape index (κ3) is 3.80. The van der Waals surface area contributed by atoms with Crippen molar-refractivity contribution in [3.05, 3.63) is 58.3 Å². The minimum atomic E-state index is -0.500. The van der Waals surface area contributed by atoms with Crippen molar-refractivity contribution in [1.29, 1.82) is 0 Å². The van der Waals surface area contributed by atoms with Crippen molar-refractivity contribution in [2.45, 2.75) is 0 Å². The Labute approximate surface area is 120 Å². The number of hydrogen-bond acceptors (Lipinski definition) is 5. The summed E-state index contributed by atoms with van der Waals surface area (Å²) in [4.78, 5) is 24.0. The minimum Gasteiger partial charge on any atom is -0.465 e. The van der Waals surface area contributed by atoms with Crippen LogP contribution >= 0.6 is 11.3 Å². The lowest BCUT2D eigenvalue weighted by atomic mass is 10.2. The summed E-state index contributed by atoms with van der Waals surface area (Å²) in [7, 11) is 1.30. The average molecular weight is 288 g/mol. The fourth-order valence-electron chi connectivity index (χ4n) is 1.49. The third-order valence-electron chi connectivity index (χ3n) is 2.40. The summed E-state index contributed by atoms with van der Waals surface area (Å²) in [6.45, 7) is 0. The molecule has 0 atom stereocenters. The van der Waals surface area contributed by atoms with Crippen LogP contribution in [-0.4, -0.2) is 19.0 Å². The molecule has 0 fully saturated rings. The van der Waals surface area contributed by atoms with Crippen LogP contribution in [0.15, 0.2) is 47.9 Å². The molecule has 0 saturated heterocycles. The molecule has 1 heterocycles. The molecule has 0 aliphatic carbocycles. The molecule has 0 spiro atoms. The summed E-state index contributed by atoms with van der Waals surface area (Å²) in [5, 5.41) is 1.92. The number of thiophene rings is 1. The van der Waals surface area contributed by atoms with Crippen LogP contribution in [0.25, 0.3) is 6.08 Å². The highest BCUT2D eigenvalue weighted by atomic mass is 32.1. The van der Waals surface area contributed by atoms with Crippen molar-refractivity contribution in [3.8, 4) is 5.75 Å². The zero-order valence-electron chi connectivity index (χ0n) is 10.7. The zero-order valence-corrected chi connectivity index (χ0v) is 11.6. The third-order valence-corrected chi connectivity index (χ3v) is 3.24. The minimum absolute atomic E-state index is 0.300. The van der Waals surface area contributed by atoms with Gasteiger partial charge in [0, 0.05) is 11.0 Å². The molecule has 1 aromatic heterocycles. The molecular formula is C15H12O4S. The molecule has 0 N–H and O–H groups in total. The van der Waals surface area contributed by atoms with Gasteiger partial charge in [-0.1, -0.05) is 12.1 Å². The number of rotatable bonds is 4. The molecule has 0 aliphatic rings. The van der Waals surface area contributed by atoms with Crippen LogP contribution < -0.4 is 4.74 Å². The molecule has 20 heavy (non-hydrogen) atoms. The second-order valence-corrected chi connectivity index (χ2v) is 4.77. The maximum Gasteiger partial charge on any atom is 0.337 e. The summed E-state index contributed by atoms with van der Waals surface area (Å²) < 4.78 is 9.72. The molecule has 0 amide bonds. The average Bonchev–Trinajstić information content (AvgIpc) is 2.98. The van der Waals surface area contributed by atoms with Crippen LogP contribution in [-0.2, 0) is 9.53 Å². The van der Waals surface area contributed by atoms with Gasteiger partial charge in [0.05, 0.1) is 12.7 Å². The standard InChI is InChI=1S/C15H12O4S/c1-18-15(17)11-4-2-5-12(10-11)19-14(16)8-7-13-6-3-9-20-13/h2-10H,1H3/b8-7+. The Morgan fingerprint density at radius 3 is 2.75 bits per heavy atom. The van der Waals surface area contributed by atoms with Gasteiger partial charge in [-0.2, -0.15) is 0 Å². The highest BCUT2D eigenvalue weighted by molar-refractivity contribution is 7.10. The number of hydrogen-bond donors (Lipinski definition) is 0. The number of ether oxygens (including phenoxy) is 2. The van der Waals surface area contributed by atoms with Crippen molar-refractivity contribution in [2.75, 3.05) is 7.11 Å². The van der Waals surface area contributed by atoms with Crippen molar-refractivity contribution in [2.24, 2.45) is 0 Å². The molecule has 1 aromatic carbocycles. The molecule has 2 rings (SSSR count). The summed E-state index contributed by atoms with van der Waals surface area (Å²) >= 11 is 1.52. The van der Waals surface area contributed by atoms with E-state index < -0.39 is 11.9 Å². The summed E-state index contributed by atoms with van der Waals surface area (Å²) in [6, 6.07) is 10.1. The highest BCUT2D eigenvalue weighted by Gasteiger charge is 2.07. The van der Waals surface area contributed by atoms with Gasteiger partial charge in [-0.05, 0) is 35.7 Å². The molecule has 2 aromatic rings. The van der Waals surface area contributed by atoms with Crippen LogP contribution in [0.1, 0.15) is 15.2 Å². The Morgan fingerprint density at radius 1 is 1.20 bits per heavy atom. The van der Waals surface area contributed by atoms with Crippen molar-refractivity contribution in [3.63, 3.8) is 0 Å². The number of methoxy groups -OCH3 is 1. The van der Waals surface area contributed by atoms with Gasteiger partial charge >= 0.3 is 11.9 Å². The van der Waals surface area contributed by atoms with Gasteiger partial charge in [0.1, 0.15) is 5.75 Å². The maximum absolute atomic E-state index is 11.6. The molecule has 4 nitrogen and oxygen atoms in total. The van der Waals surface area contributed by atoms with Gasteiger partial charge < -0.3 is 9.47 Å². The van der Waals surface area contributed by atoms with E-state index in [0.717, 1.165) is 4.88 Å². The second kappa shape index (κ2) is 6.68. The quantitative estimate of drug-likeness (QED) is 0.492. The Kier molecular flexibility index (Phi) is 4.68. The van der Waals surface area contributed by atoms with Gasteiger partial charge in [0.25, 0.3) is 0 Å². The first-order chi connectivity index (χ1) is 9.69. The van der Waals surface area contributed by atoms with E-state index in [2.05, 4.69) is 4.74 Å². The summed E-state index contributed by atoms with van der Waals surface area (Å²) in [5.74, 6) is -0.675. The Morgan fingerprint density at radius 2 is 2.05 bits per heavy atom. The molecule has 0 aliphatic heterocycles. The number of carbonyl (C=O) groups excluding carboxylic acids is 2. The van der Waals surface area contributed by atoms with Gasteiger partial charge in [0.15, 0.2) is 0 Å². The molecule has 0 saturated carbocycles. The van der Waals surface area contributed by atoms with E-state index in [4.69, 9.17) is 4.74 Å². The van der Waals surface area contributed by atoms with Crippen molar-refractivity contribution < 1.29 is 19.1 Å². The van der Waals surface area contributed by atoms with E-state index in [1.807, 2.05) is 17.5 Å². The van der Waals surface area contributed by atoms with Crippen molar-refractivity contribution in [1.82, 2.24) is 0 Å². The normalized spacial score (nSPS) is 10.4. The first-order valence-electron chi connectivity index (χ1n) is 5.81. The van der Waals surface area contributed by atoms with E-state index in [-0.39, 0.29) is 0 Å². The topological polar surface area (TPSA) is 52.6 Å². The lowest BCUT2D eigenvalue weighted by molar-refractivity contribution is -0.128. The van der Waals surface area contributed by atoms with Gasteiger partial charge in [-0.15, -0.1) is 11.3 Å².